The number of fused-ring (bicyclic) bond motifs is 1. The molecule has 2 aromatic carbocycles. The second kappa shape index (κ2) is 6.61. The lowest BCUT2D eigenvalue weighted by atomic mass is 9.96. The Hall–Kier alpha value is -3.37. The normalized spacial score (nSPS) is 15.4. The van der Waals surface area contributed by atoms with Crippen molar-refractivity contribution in [2.45, 2.75) is 18.3 Å². The number of carbonyl (C=O) groups is 3. The van der Waals surface area contributed by atoms with E-state index in [-0.39, 0.29) is 11.3 Å². The molecule has 0 saturated heterocycles. The van der Waals surface area contributed by atoms with Gasteiger partial charge in [-0.2, -0.15) is 22.0 Å². The lowest BCUT2D eigenvalue weighted by Gasteiger charge is -2.24. The predicted octanol–water partition coefficient (Wildman–Crippen LogP) is 4.39. The molecule has 0 fully saturated rings. The highest BCUT2D eigenvalue weighted by Crippen LogP contribution is 2.48. The fourth-order valence-corrected chi connectivity index (χ4v) is 2.85. The number of aromatic carboxylic acids is 1. The van der Waals surface area contributed by atoms with Gasteiger partial charge in [0, 0.05) is 5.56 Å². The maximum atomic E-state index is 14.2. The number of hydrogen-bond donors (Lipinski definition) is 1. The third kappa shape index (κ3) is 3.12. The van der Waals surface area contributed by atoms with Gasteiger partial charge in [0.15, 0.2) is 6.17 Å². The summed E-state index contributed by atoms with van der Waals surface area (Å²) in [5, 5.41) is 8.87. The van der Waals surface area contributed by atoms with E-state index >= 15 is 0 Å². The number of benzene rings is 2. The molecule has 29 heavy (non-hydrogen) atoms. The van der Waals surface area contributed by atoms with Crippen LogP contribution in [0.25, 0.3) is 0 Å². The standard InChI is InChI=1S/C18H9F6NO4/c19-13(17(20,21)18(22,23)24)10-2-1-3-11-12(10)15(27)25(14(11)26)9-6-4-8(5-7-9)16(28)29/h1-7,13H,(H,28,29). The summed E-state index contributed by atoms with van der Waals surface area (Å²) in [5.41, 5.74) is -3.07. The van der Waals surface area contributed by atoms with Crippen LogP contribution < -0.4 is 4.90 Å². The van der Waals surface area contributed by atoms with Crippen molar-refractivity contribution in [2.75, 3.05) is 4.90 Å². The summed E-state index contributed by atoms with van der Waals surface area (Å²) >= 11 is 0. The van der Waals surface area contributed by atoms with E-state index in [9.17, 15) is 40.7 Å². The number of amides is 2. The molecule has 0 bridgehead atoms. The summed E-state index contributed by atoms with van der Waals surface area (Å²) in [6, 6.07) is 6.70. The number of nitrogens with zero attached hydrogens (tertiary/aromatic N) is 1. The average Bonchev–Trinajstić information content (AvgIpc) is 2.91. The van der Waals surface area contributed by atoms with Crippen molar-refractivity contribution in [3.63, 3.8) is 0 Å². The monoisotopic (exact) mass is 417 g/mol. The molecule has 1 N–H and O–H groups in total. The highest BCUT2D eigenvalue weighted by molar-refractivity contribution is 6.35. The minimum absolute atomic E-state index is 0.162. The van der Waals surface area contributed by atoms with E-state index in [1.807, 2.05) is 0 Å². The Bertz CT molecular complexity index is 1020. The first-order valence-electron chi connectivity index (χ1n) is 7.81. The Balaban J connectivity index is 2.07. The summed E-state index contributed by atoms with van der Waals surface area (Å²) in [6.45, 7) is 0. The van der Waals surface area contributed by atoms with Crippen LogP contribution in [0.2, 0.25) is 0 Å². The van der Waals surface area contributed by atoms with E-state index in [0.717, 1.165) is 36.4 Å². The fourth-order valence-electron chi connectivity index (χ4n) is 2.85. The molecule has 0 aliphatic carbocycles. The van der Waals surface area contributed by atoms with Gasteiger partial charge >= 0.3 is 18.1 Å². The van der Waals surface area contributed by atoms with Gasteiger partial charge in [-0.25, -0.2) is 14.1 Å². The van der Waals surface area contributed by atoms with Crippen LogP contribution >= 0.6 is 0 Å². The number of carboxylic acids is 1. The Morgan fingerprint density at radius 2 is 1.52 bits per heavy atom. The van der Waals surface area contributed by atoms with Gasteiger partial charge in [-0.1, -0.05) is 12.1 Å². The molecule has 152 valence electrons. The van der Waals surface area contributed by atoms with Gasteiger partial charge < -0.3 is 5.11 Å². The maximum absolute atomic E-state index is 14.2. The summed E-state index contributed by atoms with van der Waals surface area (Å²) in [5.74, 6) is -9.46. The van der Waals surface area contributed by atoms with Gasteiger partial charge in [0.1, 0.15) is 0 Å². The summed E-state index contributed by atoms with van der Waals surface area (Å²) in [7, 11) is 0. The van der Waals surface area contributed by atoms with Crippen molar-refractivity contribution in [3.05, 3.63) is 64.7 Å². The molecule has 1 aliphatic heterocycles. The molecule has 2 aromatic rings. The molecule has 0 spiro atoms. The van der Waals surface area contributed by atoms with E-state index in [1.165, 1.54) is 0 Å². The van der Waals surface area contributed by atoms with Crippen LogP contribution in [0.1, 0.15) is 42.8 Å². The number of imide groups is 1. The number of carboxylic acid groups (broad SMARTS) is 1. The first kappa shape index (κ1) is 20.4. The minimum Gasteiger partial charge on any atom is -0.478 e. The lowest BCUT2D eigenvalue weighted by molar-refractivity contribution is -0.305. The molecular weight excluding hydrogens is 408 g/mol. The van der Waals surface area contributed by atoms with E-state index in [1.54, 1.807) is 0 Å². The van der Waals surface area contributed by atoms with Crippen LogP contribution in [-0.4, -0.2) is 35.0 Å². The smallest absolute Gasteiger partial charge is 0.456 e. The van der Waals surface area contributed by atoms with E-state index < -0.39 is 52.7 Å². The Morgan fingerprint density at radius 3 is 2.03 bits per heavy atom. The van der Waals surface area contributed by atoms with Crippen molar-refractivity contribution in [1.82, 2.24) is 0 Å². The largest absolute Gasteiger partial charge is 0.478 e. The third-order valence-electron chi connectivity index (χ3n) is 4.29. The molecule has 3 rings (SSSR count). The van der Waals surface area contributed by atoms with Crippen LogP contribution in [-0.2, 0) is 0 Å². The van der Waals surface area contributed by atoms with Crippen LogP contribution in [0.5, 0.6) is 0 Å². The first-order chi connectivity index (χ1) is 13.4. The second-order valence-electron chi connectivity index (χ2n) is 6.05. The van der Waals surface area contributed by atoms with E-state index in [2.05, 4.69) is 0 Å². The van der Waals surface area contributed by atoms with Crippen molar-refractivity contribution in [2.24, 2.45) is 0 Å². The fraction of sp³-hybridized carbons (Fsp3) is 0.167. The van der Waals surface area contributed by atoms with Crippen molar-refractivity contribution >= 4 is 23.5 Å². The molecule has 1 heterocycles. The molecular formula is C18H9F6NO4. The molecule has 1 atom stereocenters. The number of halogens is 6. The van der Waals surface area contributed by atoms with Crippen LogP contribution in [0.15, 0.2) is 42.5 Å². The number of rotatable bonds is 4. The van der Waals surface area contributed by atoms with Gasteiger partial charge in [0.2, 0.25) is 0 Å². The average molecular weight is 417 g/mol. The van der Waals surface area contributed by atoms with Gasteiger partial charge in [-0.05, 0) is 30.3 Å². The lowest BCUT2D eigenvalue weighted by Crippen LogP contribution is -2.41. The number of alkyl halides is 6. The zero-order valence-electron chi connectivity index (χ0n) is 14.0. The zero-order valence-corrected chi connectivity index (χ0v) is 14.0. The summed E-state index contributed by atoms with van der Waals surface area (Å²) < 4.78 is 78.8. The minimum atomic E-state index is -6.22. The topological polar surface area (TPSA) is 74.7 Å². The molecule has 2 amide bonds. The molecule has 5 nitrogen and oxygen atoms in total. The van der Waals surface area contributed by atoms with Crippen LogP contribution in [0, 0.1) is 0 Å². The Labute approximate surface area is 158 Å². The molecule has 11 heteroatoms. The highest BCUT2D eigenvalue weighted by atomic mass is 19.4. The summed E-state index contributed by atoms with van der Waals surface area (Å²) in [6.07, 6.45) is -10.1. The van der Waals surface area contributed by atoms with Crippen molar-refractivity contribution < 1.29 is 45.8 Å². The first-order valence-corrected chi connectivity index (χ1v) is 7.81. The molecule has 0 saturated carbocycles. The van der Waals surface area contributed by atoms with Crippen LogP contribution in [0.4, 0.5) is 32.0 Å². The Morgan fingerprint density at radius 1 is 0.931 bits per heavy atom. The van der Waals surface area contributed by atoms with E-state index in [4.69, 9.17) is 5.11 Å². The highest BCUT2D eigenvalue weighted by Gasteiger charge is 2.64. The van der Waals surface area contributed by atoms with Crippen molar-refractivity contribution in [1.29, 1.82) is 0 Å². The van der Waals surface area contributed by atoms with Crippen LogP contribution in [0.3, 0.4) is 0 Å². The van der Waals surface area contributed by atoms with Gasteiger partial charge in [-0.3, -0.25) is 9.59 Å². The van der Waals surface area contributed by atoms with E-state index in [0.29, 0.717) is 11.0 Å². The second-order valence-corrected chi connectivity index (χ2v) is 6.05. The zero-order chi connectivity index (χ0) is 21.7. The quantitative estimate of drug-likeness (QED) is 0.592. The SMILES string of the molecule is O=C(O)c1ccc(N2C(=O)c3cccc(C(F)C(F)(F)C(F)(F)F)c3C2=O)cc1. The third-order valence-corrected chi connectivity index (χ3v) is 4.29. The molecule has 1 unspecified atom stereocenters. The number of carbonyl (C=O) groups excluding carboxylic acids is 2. The maximum Gasteiger partial charge on any atom is 0.456 e. The van der Waals surface area contributed by atoms with Gasteiger partial charge in [0.25, 0.3) is 11.8 Å². The van der Waals surface area contributed by atoms with Crippen molar-refractivity contribution in [3.8, 4) is 0 Å². The number of hydrogen-bond acceptors (Lipinski definition) is 3. The van der Waals surface area contributed by atoms with Gasteiger partial charge in [-0.15, -0.1) is 0 Å². The van der Waals surface area contributed by atoms with Gasteiger partial charge in [0.05, 0.1) is 22.4 Å². The summed E-state index contributed by atoms with van der Waals surface area (Å²) in [4.78, 5) is 36.5. The number of anilines is 1. The predicted molar refractivity (Wildman–Crippen MR) is 85.8 cm³/mol. The molecule has 0 aromatic heterocycles. The molecule has 0 radical (unpaired) electrons. The Kier molecular flexibility index (Phi) is 4.64. The molecule has 1 aliphatic rings.